The highest BCUT2D eigenvalue weighted by Crippen LogP contribution is 2.20. The highest BCUT2D eigenvalue weighted by Gasteiger charge is 2.16. The first-order chi connectivity index (χ1) is 8.49. The van der Waals surface area contributed by atoms with Crippen molar-refractivity contribution in [1.82, 2.24) is 20.4 Å². The van der Waals surface area contributed by atoms with Gasteiger partial charge in [0.15, 0.2) is 10.3 Å². The number of rotatable bonds is 2. The van der Waals surface area contributed by atoms with Crippen molar-refractivity contribution in [3.63, 3.8) is 0 Å². The molecule has 2 aromatic heterocycles. The first kappa shape index (κ1) is 12.8. The molecule has 0 radical (unpaired) electrons. The van der Waals surface area contributed by atoms with Gasteiger partial charge in [0.2, 0.25) is 0 Å². The van der Waals surface area contributed by atoms with Crippen LogP contribution in [-0.4, -0.2) is 26.3 Å². The number of hydrogen-bond acceptors (Lipinski definition) is 4. The lowest BCUT2D eigenvalue weighted by molar-refractivity contribution is 0.102. The number of halogens is 2. The molecule has 2 rings (SSSR count). The molecular weight excluding hydrogens is 277 g/mol. The molecule has 2 N–H and O–H groups in total. The van der Waals surface area contributed by atoms with Crippen molar-refractivity contribution < 1.29 is 4.79 Å². The number of nitrogens with one attached hydrogen (secondary N) is 2. The van der Waals surface area contributed by atoms with Crippen LogP contribution in [0.2, 0.25) is 10.3 Å². The molecule has 8 heteroatoms. The Morgan fingerprint density at radius 2 is 2.06 bits per heavy atom. The molecular formula is C10H9Cl2N5O. The molecule has 2 heterocycles. The molecule has 0 aromatic carbocycles. The molecule has 2 aromatic rings. The number of H-pyrrole nitrogens is 1. The summed E-state index contributed by atoms with van der Waals surface area (Å²) >= 11 is 11.5. The second-order valence-corrected chi connectivity index (χ2v) is 4.38. The Morgan fingerprint density at radius 3 is 2.67 bits per heavy atom. The van der Waals surface area contributed by atoms with Crippen molar-refractivity contribution >= 4 is 34.8 Å². The SMILES string of the molecule is Cc1n[nH]c(C)c1NC(=O)c1cc(Cl)nnc1Cl. The molecule has 0 aliphatic heterocycles. The molecule has 0 bridgehead atoms. The summed E-state index contributed by atoms with van der Waals surface area (Å²) in [5.41, 5.74) is 2.22. The van der Waals surface area contributed by atoms with Crippen molar-refractivity contribution in [2.45, 2.75) is 13.8 Å². The van der Waals surface area contributed by atoms with E-state index >= 15 is 0 Å². The highest BCUT2D eigenvalue weighted by atomic mass is 35.5. The van der Waals surface area contributed by atoms with Gasteiger partial charge in [0, 0.05) is 0 Å². The molecule has 0 spiro atoms. The summed E-state index contributed by atoms with van der Waals surface area (Å²) < 4.78 is 0. The predicted molar refractivity (Wildman–Crippen MR) is 68.1 cm³/mol. The summed E-state index contributed by atoms with van der Waals surface area (Å²) in [7, 11) is 0. The summed E-state index contributed by atoms with van der Waals surface area (Å²) in [6.45, 7) is 3.58. The number of aryl methyl sites for hydroxylation is 2. The van der Waals surface area contributed by atoms with Crippen LogP contribution in [0.5, 0.6) is 0 Å². The molecule has 0 saturated carbocycles. The summed E-state index contributed by atoms with van der Waals surface area (Å²) in [6, 6.07) is 1.36. The Hall–Kier alpha value is -1.66. The van der Waals surface area contributed by atoms with Crippen molar-refractivity contribution in [2.24, 2.45) is 0 Å². The van der Waals surface area contributed by atoms with E-state index in [0.29, 0.717) is 11.4 Å². The van der Waals surface area contributed by atoms with Crippen LogP contribution < -0.4 is 5.32 Å². The van der Waals surface area contributed by atoms with Gasteiger partial charge in [0.05, 0.1) is 22.6 Å². The number of aromatic nitrogens is 4. The van der Waals surface area contributed by atoms with Crippen LogP contribution in [-0.2, 0) is 0 Å². The largest absolute Gasteiger partial charge is 0.319 e. The van der Waals surface area contributed by atoms with Crippen LogP contribution >= 0.6 is 23.2 Å². The van der Waals surface area contributed by atoms with E-state index < -0.39 is 5.91 Å². The van der Waals surface area contributed by atoms with E-state index in [1.807, 2.05) is 0 Å². The van der Waals surface area contributed by atoms with E-state index in [9.17, 15) is 4.79 Å². The highest BCUT2D eigenvalue weighted by molar-refractivity contribution is 6.34. The molecule has 0 unspecified atom stereocenters. The quantitative estimate of drug-likeness (QED) is 0.887. The molecule has 1 amide bonds. The van der Waals surface area contributed by atoms with Crippen LogP contribution in [0.15, 0.2) is 6.07 Å². The Bertz CT molecular complexity index is 591. The molecule has 0 aliphatic carbocycles. The van der Waals surface area contributed by atoms with Crippen LogP contribution in [0, 0.1) is 13.8 Å². The van der Waals surface area contributed by atoms with E-state index in [4.69, 9.17) is 23.2 Å². The van der Waals surface area contributed by atoms with Gasteiger partial charge in [-0.25, -0.2) is 0 Å². The second kappa shape index (κ2) is 4.91. The van der Waals surface area contributed by atoms with Gasteiger partial charge in [0.1, 0.15) is 0 Å². The lowest BCUT2D eigenvalue weighted by Gasteiger charge is -2.06. The molecule has 0 atom stereocenters. The Balaban J connectivity index is 2.30. The zero-order valence-corrected chi connectivity index (χ0v) is 11.1. The van der Waals surface area contributed by atoms with Gasteiger partial charge in [-0.05, 0) is 19.9 Å². The number of anilines is 1. The van der Waals surface area contributed by atoms with E-state index in [1.165, 1.54) is 6.07 Å². The fraction of sp³-hybridized carbons (Fsp3) is 0.200. The minimum Gasteiger partial charge on any atom is -0.319 e. The number of carbonyl (C=O) groups excluding carboxylic acids is 1. The third-order valence-corrected chi connectivity index (χ3v) is 2.79. The average molecular weight is 286 g/mol. The van der Waals surface area contributed by atoms with Gasteiger partial charge in [-0.2, -0.15) is 5.10 Å². The summed E-state index contributed by atoms with van der Waals surface area (Å²) in [6.07, 6.45) is 0. The van der Waals surface area contributed by atoms with E-state index in [1.54, 1.807) is 13.8 Å². The third kappa shape index (κ3) is 2.44. The first-order valence-corrected chi connectivity index (χ1v) is 5.76. The number of hydrogen-bond donors (Lipinski definition) is 2. The number of aromatic amines is 1. The van der Waals surface area contributed by atoms with Crippen molar-refractivity contribution in [3.8, 4) is 0 Å². The summed E-state index contributed by atoms with van der Waals surface area (Å²) in [4.78, 5) is 12.0. The van der Waals surface area contributed by atoms with Gasteiger partial charge < -0.3 is 5.32 Å². The Kier molecular flexibility index (Phi) is 3.49. The van der Waals surface area contributed by atoms with Crippen molar-refractivity contribution in [3.05, 3.63) is 33.3 Å². The van der Waals surface area contributed by atoms with Crippen LogP contribution in [0.1, 0.15) is 21.7 Å². The van der Waals surface area contributed by atoms with Crippen LogP contribution in [0.3, 0.4) is 0 Å². The van der Waals surface area contributed by atoms with E-state index in [-0.39, 0.29) is 15.9 Å². The maximum absolute atomic E-state index is 12.0. The third-order valence-electron chi connectivity index (χ3n) is 2.33. The maximum atomic E-state index is 12.0. The average Bonchev–Trinajstić information content (AvgIpc) is 2.64. The molecule has 18 heavy (non-hydrogen) atoms. The van der Waals surface area contributed by atoms with Crippen LogP contribution in [0.4, 0.5) is 5.69 Å². The topological polar surface area (TPSA) is 83.6 Å². The standard InChI is InChI=1S/C10H9Cl2N5O/c1-4-8(5(2)15-14-4)13-10(18)6-3-7(11)16-17-9(6)12/h3H,1-2H3,(H,13,18)(H,14,15). The van der Waals surface area contributed by atoms with Gasteiger partial charge >= 0.3 is 0 Å². The minimum atomic E-state index is -0.413. The smallest absolute Gasteiger partial charge is 0.259 e. The van der Waals surface area contributed by atoms with Crippen LogP contribution in [0.25, 0.3) is 0 Å². The summed E-state index contributed by atoms with van der Waals surface area (Å²) in [5, 5.41) is 16.7. The first-order valence-electron chi connectivity index (χ1n) is 5.00. The van der Waals surface area contributed by atoms with E-state index in [2.05, 4.69) is 25.7 Å². The predicted octanol–water partition coefficient (Wildman–Crippen LogP) is 2.38. The number of nitrogens with zero attached hydrogens (tertiary/aromatic N) is 3. The maximum Gasteiger partial charge on any atom is 0.259 e. The van der Waals surface area contributed by atoms with Crippen molar-refractivity contribution in [1.29, 1.82) is 0 Å². The monoisotopic (exact) mass is 285 g/mol. The zero-order valence-electron chi connectivity index (χ0n) is 9.58. The normalized spacial score (nSPS) is 10.4. The Morgan fingerprint density at radius 1 is 1.33 bits per heavy atom. The molecule has 6 nitrogen and oxygen atoms in total. The zero-order chi connectivity index (χ0) is 13.3. The second-order valence-electron chi connectivity index (χ2n) is 3.63. The summed E-state index contributed by atoms with van der Waals surface area (Å²) in [5.74, 6) is -0.413. The fourth-order valence-electron chi connectivity index (χ4n) is 1.43. The molecule has 0 fully saturated rings. The molecule has 0 aliphatic rings. The minimum absolute atomic E-state index is 0.00398. The Labute approximate surface area is 113 Å². The number of amides is 1. The lowest BCUT2D eigenvalue weighted by Crippen LogP contribution is -2.14. The number of carbonyl (C=O) groups is 1. The molecule has 94 valence electrons. The van der Waals surface area contributed by atoms with Crippen molar-refractivity contribution in [2.75, 3.05) is 5.32 Å². The van der Waals surface area contributed by atoms with Gasteiger partial charge in [0.25, 0.3) is 5.91 Å². The van der Waals surface area contributed by atoms with Gasteiger partial charge in [-0.3, -0.25) is 9.89 Å². The van der Waals surface area contributed by atoms with Gasteiger partial charge in [-0.1, -0.05) is 23.2 Å². The fourth-order valence-corrected chi connectivity index (χ4v) is 1.75. The van der Waals surface area contributed by atoms with E-state index in [0.717, 1.165) is 5.69 Å². The molecule has 0 saturated heterocycles. The van der Waals surface area contributed by atoms with Gasteiger partial charge in [-0.15, -0.1) is 10.2 Å². The lowest BCUT2D eigenvalue weighted by atomic mass is 10.2.